The van der Waals surface area contributed by atoms with Crippen LogP contribution in [0.15, 0.2) is 219 Å². The van der Waals surface area contributed by atoms with Crippen LogP contribution in [0.3, 0.4) is 0 Å². The lowest BCUT2D eigenvalue weighted by atomic mass is 9.68. The summed E-state index contributed by atoms with van der Waals surface area (Å²) in [5.74, 6) is 0.703. The maximum atomic E-state index is 5.20. The predicted molar refractivity (Wildman–Crippen MR) is 295 cm³/mol. The van der Waals surface area contributed by atoms with Gasteiger partial charge in [0.15, 0.2) is 0 Å². The summed E-state index contributed by atoms with van der Waals surface area (Å²) < 4.78 is 0. The summed E-state index contributed by atoms with van der Waals surface area (Å²) in [5, 5.41) is 6.99. The van der Waals surface area contributed by atoms with E-state index >= 15 is 0 Å². The highest BCUT2D eigenvalue weighted by Crippen LogP contribution is 2.52. The van der Waals surface area contributed by atoms with Crippen molar-refractivity contribution in [1.29, 1.82) is 0 Å². The summed E-state index contributed by atoms with van der Waals surface area (Å²) in [4.78, 5) is 31.2. The molecule has 1 fully saturated rings. The van der Waals surface area contributed by atoms with Crippen LogP contribution in [-0.2, 0) is 0 Å². The summed E-state index contributed by atoms with van der Waals surface area (Å²) in [7, 11) is 0. The first kappa shape index (κ1) is 43.8. The van der Waals surface area contributed by atoms with Crippen LogP contribution < -0.4 is 0 Å². The Kier molecular flexibility index (Phi) is 11.7. The predicted octanol–water partition coefficient (Wildman–Crippen LogP) is 16.3. The van der Waals surface area contributed by atoms with E-state index in [1.54, 1.807) is 0 Å². The van der Waals surface area contributed by atoms with Crippen molar-refractivity contribution in [3.8, 4) is 0 Å². The molecule has 0 aliphatic heterocycles. The fourth-order valence-corrected chi connectivity index (χ4v) is 12.9. The molecule has 6 aromatic carbocycles. The van der Waals surface area contributed by atoms with Gasteiger partial charge in [-0.05, 0) is 144 Å². The Morgan fingerprint density at radius 2 is 0.347 bits per heavy atom. The normalized spacial score (nSPS) is 20.2. The first-order chi connectivity index (χ1) is 35.7. The van der Waals surface area contributed by atoms with Crippen molar-refractivity contribution in [2.24, 2.45) is 0 Å². The number of pyridine rings is 6. The molecule has 6 heterocycles. The van der Waals surface area contributed by atoms with Gasteiger partial charge in [0.1, 0.15) is 0 Å². The molecule has 0 bridgehead atoms. The number of hydrogen-bond acceptors (Lipinski definition) is 6. The topological polar surface area (TPSA) is 77.3 Å². The molecule has 348 valence electrons. The second-order valence-electron chi connectivity index (χ2n) is 20.1. The van der Waals surface area contributed by atoms with E-state index in [9.17, 15) is 0 Å². The Hall–Kier alpha value is -8.22. The molecule has 1 saturated carbocycles. The molecule has 0 radical (unpaired) electrons. The minimum atomic E-state index is 0.117. The van der Waals surface area contributed by atoms with Gasteiger partial charge in [-0.1, -0.05) is 146 Å². The minimum absolute atomic E-state index is 0.117. The number of benzene rings is 6. The first-order valence-corrected chi connectivity index (χ1v) is 25.7. The SMILES string of the molecule is c1cnc2c(C3CC(c4cccc5cccnc45)CC(c4cccc5cccnc45)CC(c4cccc5cccnc45)CC(c4cccc5cccnc45)CC(c4cccc5cccnc45)C3)cccc2c1. The molecule has 6 aromatic heterocycles. The van der Waals surface area contributed by atoms with E-state index in [0.29, 0.717) is 0 Å². The molecule has 0 atom stereocenters. The van der Waals surface area contributed by atoms with Crippen LogP contribution in [0.2, 0.25) is 0 Å². The van der Waals surface area contributed by atoms with E-state index < -0.39 is 0 Å². The molecule has 6 heteroatoms. The average Bonchev–Trinajstić information content (AvgIpc) is 3.44. The maximum Gasteiger partial charge on any atom is 0.0736 e. The van der Waals surface area contributed by atoms with Gasteiger partial charge in [0, 0.05) is 69.5 Å². The molecule has 0 unspecified atom stereocenters. The number of fused-ring (bicyclic) bond motifs is 6. The molecule has 1 aliphatic rings. The second kappa shape index (κ2) is 19.2. The monoisotopic (exact) mass is 930 g/mol. The first-order valence-electron chi connectivity index (χ1n) is 25.7. The molecule has 0 N–H and O–H groups in total. The van der Waals surface area contributed by atoms with Gasteiger partial charge in [0.05, 0.1) is 33.1 Å². The fraction of sp³-hybridized carbons (Fsp3) is 0.182. The van der Waals surface area contributed by atoms with Crippen molar-refractivity contribution in [1.82, 2.24) is 29.9 Å². The van der Waals surface area contributed by atoms with Gasteiger partial charge >= 0.3 is 0 Å². The number of para-hydroxylation sites is 6. The summed E-state index contributed by atoms with van der Waals surface area (Å²) in [6, 6.07) is 66.7. The summed E-state index contributed by atoms with van der Waals surface area (Å²) >= 11 is 0. The van der Waals surface area contributed by atoms with Crippen LogP contribution >= 0.6 is 0 Å². The van der Waals surface area contributed by atoms with Crippen LogP contribution in [0, 0.1) is 0 Å². The van der Waals surface area contributed by atoms with Crippen LogP contribution in [0.1, 0.15) is 107 Å². The van der Waals surface area contributed by atoms with E-state index in [2.05, 4.69) is 182 Å². The maximum absolute atomic E-state index is 5.20. The largest absolute Gasteiger partial charge is 0.256 e. The Morgan fingerprint density at radius 3 is 0.514 bits per heavy atom. The molecule has 1 aliphatic carbocycles. The minimum Gasteiger partial charge on any atom is -0.256 e. The highest BCUT2D eigenvalue weighted by Gasteiger charge is 2.36. The van der Waals surface area contributed by atoms with E-state index in [4.69, 9.17) is 29.9 Å². The van der Waals surface area contributed by atoms with Crippen molar-refractivity contribution >= 4 is 65.4 Å². The Bertz CT molecular complexity index is 3220. The fourth-order valence-electron chi connectivity index (χ4n) is 12.9. The van der Waals surface area contributed by atoms with Crippen LogP contribution in [-0.4, -0.2) is 29.9 Å². The lowest BCUT2D eigenvalue weighted by Gasteiger charge is -2.36. The van der Waals surface area contributed by atoms with Crippen molar-refractivity contribution < 1.29 is 0 Å². The zero-order valence-corrected chi connectivity index (χ0v) is 40.2. The third-order valence-corrected chi connectivity index (χ3v) is 16.0. The standard InChI is InChI=1S/C66H54N6/c1-13-43-19-7-31-67-61(43)55(25-1)49-37-50(56-26-2-14-44-20-8-32-68-62(44)56)39-52(58-28-4-16-46-22-10-34-70-64(46)58)41-54(60-30-6-18-48-24-12-36-72-66(48)60)42-53(59-29-5-17-47-23-11-35-71-65(47)59)40-51(38-49)57-27-3-15-45-21-9-33-69-63(45)57/h1-36,49-54H,37-42H2. The molecule has 13 rings (SSSR count). The average molecular weight is 931 g/mol. The van der Waals surface area contributed by atoms with Crippen molar-refractivity contribution in [3.05, 3.63) is 253 Å². The van der Waals surface area contributed by atoms with E-state index in [0.717, 1.165) is 71.6 Å². The number of hydrogen-bond donors (Lipinski definition) is 0. The molecular formula is C66H54N6. The Balaban J connectivity index is 1.10. The summed E-state index contributed by atoms with van der Waals surface area (Å²) in [6.07, 6.45) is 17.2. The number of aromatic nitrogens is 6. The molecule has 72 heavy (non-hydrogen) atoms. The van der Waals surface area contributed by atoms with Gasteiger partial charge in [-0.3, -0.25) is 29.9 Å². The number of nitrogens with zero attached hydrogens (tertiary/aromatic N) is 6. The van der Waals surface area contributed by atoms with Crippen LogP contribution in [0.25, 0.3) is 65.4 Å². The van der Waals surface area contributed by atoms with Crippen LogP contribution in [0.5, 0.6) is 0 Å². The molecule has 0 amide bonds. The van der Waals surface area contributed by atoms with E-state index in [1.807, 2.05) is 37.2 Å². The third kappa shape index (κ3) is 8.30. The van der Waals surface area contributed by atoms with Crippen molar-refractivity contribution in [2.45, 2.75) is 74.0 Å². The molecule has 0 saturated heterocycles. The lowest BCUT2D eigenvalue weighted by Crippen LogP contribution is -2.21. The molecule has 12 aromatic rings. The molecular weight excluding hydrogens is 877 g/mol. The van der Waals surface area contributed by atoms with Gasteiger partial charge < -0.3 is 0 Å². The van der Waals surface area contributed by atoms with Gasteiger partial charge in [0.2, 0.25) is 0 Å². The quantitative estimate of drug-likeness (QED) is 0.165. The summed E-state index contributed by atoms with van der Waals surface area (Å²) in [6.45, 7) is 0. The van der Waals surface area contributed by atoms with Crippen molar-refractivity contribution in [2.75, 3.05) is 0 Å². The molecule has 0 spiro atoms. The smallest absolute Gasteiger partial charge is 0.0736 e. The van der Waals surface area contributed by atoms with Crippen LogP contribution in [0.4, 0.5) is 0 Å². The van der Waals surface area contributed by atoms with E-state index in [1.165, 1.54) is 65.7 Å². The van der Waals surface area contributed by atoms with Crippen molar-refractivity contribution in [3.63, 3.8) is 0 Å². The third-order valence-electron chi connectivity index (χ3n) is 16.0. The Morgan fingerprint density at radius 1 is 0.194 bits per heavy atom. The molecule has 6 nitrogen and oxygen atoms in total. The van der Waals surface area contributed by atoms with Gasteiger partial charge in [-0.15, -0.1) is 0 Å². The summed E-state index contributed by atoms with van der Waals surface area (Å²) in [5.41, 5.74) is 14.3. The lowest BCUT2D eigenvalue weighted by molar-refractivity contribution is 0.354. The highest BCUT2D eigenvalue weighted by molar-refractivity contribution is 5.87. The van der Waals surface area contributed by atoms with Gasteiger partial charge in [-0.2, -0.15) is 0 Å². The second-order valence-corrected chi connectivity index (χ2v) is 20.1. The Labute approximate surface area is 419 Å². The van der Waals surface area contributed by atoms with Gasteiger partial charge in [0.25, 0.3) is 0 Å². The van der Waals surface area contributed by atoms with E-state index in [-0.39, 0.29) is 35.5 Å². The zero-order valence-electron chi connectivity index (χ0n) is 40.2. The van der Waals surface area contributed by atoms with Gasteiger partial charge in [-0.25, -0.2) is 0 Å². The zero-order chi connectivity index (χ0) is 47.8. The highest BCUT2D eigenvalue weighted by atomic mass is 14.7. The number of rotatable bonds is 6.